The van der Waals surface area contributed by atoms with Crippen molar-refractivity contribution in [3.63, 3.8) is 0 Å². The molecule has 124 valence electrons. The molecule has 0 spiro atoms. The van der Waals surface area contributed by atoms with E-state index >= 15 is 0 Å². The number of nitrogens with one attached hydrogen (secondary N) is 1. The number of carbonyl (C=O) groups is 1. The fraction of sp³-hybridized carbons (Fsp3) is 0.278. The summed E-state index contributed by atoms with van der Waals surface area (Å²) in [6.07, 6.45) is 0. The summed E-state index contributed by atoms with van der Waals surface area (Å²) in [5, 5.41) is 2.82. The number of halogens is 2. The normalized spacial score (nSPS) is 12.6. The number of nitrogens with two attached hydrogens (primary N) is 1. The molecule has 23 heavy (non-hydrogen) atoms. The average molecular weight is 442 g/mol. The molecule has 2 aromatic carbocycles. The van der Waals surface area contributed by atoms with Gasteiger partial charge in [0.1, 0.15) is 0 Å². The molecule has 3 N–H and O–H groups in total. The maximum absolute atomic E-state index is 10.8. The molecule has 0 unspecified atom stereocenters. The smallest absolute Gasteiger partial charge is 0.217 e. The van der Waals surface area contributed by atoms with Crippen molar-refractivity contribution in [2.75, 3.05) is 0 Å². The Hall–Kier alpha value is -1.17. The second-order valence-electron chi connectivity index (χ2n) is 5.31. The fourth-order valence-corrected chi connectivity index (χ4v) is 2.43. The van der Waals surface area contributed by atoms with Crippen LogP contribution in [0.5, 0.6) is 0 Å². The van der Waals surface area contributed by atoms with Gasteiger partial charge in [0.25, 0.3) is 0 Å². The third-order valence-electron chi connectivity index (χ3n) is 3.19. The van der Waals surface area contributed by atoms with E-state index in [-0.39, 0.29) is 18.0 Å². The van der Waals surface area contributed by atoms with Crippen molar-refractivity contribution in [3.05, 3.63) is 68.6 Å². The van der Waals surface area contributed by atoms with Gasteiger partial charge < -0.3 is 11.1 Å². The van der Waals surface area contributed by atoms with Gasteiger partial charge in [-0.2, -0.15) is 0 Å². The van der Waals surface area contributed by atoms with Crippen LogP contribution in [-0.4, -0.2) is 5.91 Å². The number of amides is 1. The summed E-state index contributed by atoms with van der Waals surface area (Å²) in [6, 6.07) is 16.2. The van der Waals surface area contributed by atoms with Crippen LogP contribution in [0, 0.1) is 0 Å². The lowest BCUT2D eigenvalue weighted by Crippen LogP contribution is -2.23. The summed E-state index contributed by atoms with van der Waals surface area (Å²) in [5.41, 5.74) is 7.93. The van der Waals surface area contributed by atoms with Crippen LogP contribution in [0.15, 0.2) is 57.5 Å². The van der Waals surface area contributed by atoms with Crippen molar-refractivity contribution in [2.45, 2.75) is 32.9 Å². The van der Waals surface area contributed by atoms with Gasteiger partial charge in [-0.3, -0.25) is 4.79 Å². The molecule has 1 amide bonds. The van der Waals surface area contributed by atoms with Crippen LogP contribution < -0.4 is 11.1 Å². The zero-order chi connectivity index (χ0) is 17.4. The van der Waals surface area contributed by atoms with Crippen LogP contribution in [0.25, 0.3) is 0 Å². The van der Waals surface area contributed by atoms with E-state index in [1.165, 1.54) is 12.5 Å². The van der Waals surface area contributed by atoms with Crippen molar-refractivity contribution in [1.29, 1.82) is 0 Å². The summed E-state index contributed by atoms with van der Waals surface area (Å²) >= 11 is 6.71. The molecule has 5 heteroatoms. The molecule has 0 aliphatic heterocycles. The number of rotatable bonds is 3. The predicted molar refractivity (Wildman–Crippen MR) is 103 cm³/mol. The maximum Gasteiger partial charge on any atom is 0.217 e. The first-order valence-electron chi connectivity index (χ1n) is 7.33. The third-order valence-corrected chi connectivity index (χ3v) is 4.24. The molecule has 0 aliphatic carbocycles. The Labute approximate surface area is 154 Å². The topological polar surface area (TPSA) is 55.1 Å². The molecule has 2 atom stereocenters. The maximum atomic E-state index is 10.8. The number of hydrogen-bond acceptors (Lipinski definition) is 2. The summed E-state index contributed by atoms with van der Waals surface area (Å²) in [7, 11) is 0. The number of benzene rings is 2. The van der Waals surface area contributed by atoms with Crippen molar-refractivity contribution < 1.29 is 4.79 Å². The van der Waals surface area contributed by atoms with Gasteiger partial charge in [-0.15, -0.1) is 0 Å². The van der Waals surface area contributed by atoms with Crippen LogP contribution in [0.2, 0.25) is 0 Å². The van der Waals surface area contributed by atoms with Gasteiger partial charge in [-0.25, -0.2) is 0 Å². The zero-order valence-electron chi connectivity index (χ0n) is 13.5. The summed E-state index contributed by atoms with van der Waals surface area (Å²) in [6.45, 7) is 5.46. The minimum Gasteiger partial charge on any atom is -0.350 e. The summed E-state index contributed by atoms with van der Waals surface area (Å²) in [4.78, 5) is 10.8. The molecule has 0 saturated carbocycles. The van der Waals surface area contributed by atoms with E-state index in [4.69, 9.17) is 5.73 Å². The van der Waals surface area contributed by atoms with E-state index in [0.717, 1.165) is 14.5 Å². The molecule has 0 bridgehead atoms. The molecular formula is C18H22Br2N2O. The van der Waals surface area contributed by atoms with Crippen LogP contribution in [0.3, 0.4) is 0 Å². The SMILES string of the molecule is CC(=O)N[C@@H](C)c1ccc(Br)cc1.C[C@H](N)c1ccc(Br)cc1. The Morgan fingerprint density at radius 2 is 1.30 bits per heavy atom. The monoisotopic (exact) mass is 440 g/mol. The first-order valence-corrected chi connectivity index (χ1v) is 8.91. The molecule has 0 radical (unpaired) electrons. The van der Waals surface area contributed by atoms with Gasteiger partial charge >= 0.3 is 0 Å². The van der Waals surface area contributed by atoms with Crippen LogP contribution in [-0.2, 0) is 4.79 Å². The molecular weight excluding hydrogens is 420 g/mol. The minimum absolute atomic E-state index is 0.00424. The first kappa shape index (κ1) is 19.9. The van der Waals surface area contributed by atoms with Gasteiger partial charge in [-0.1, -0.05) is 56.1 Å². The molecule has 3 nitrogen and oxygen atoms in total. The highest BCUT2D eigenvalue weighted by atomic mass is 79.9. The van der Waals surface area contributed by atoms with Crippen molar-refractivity contribution in [2.24, 2.45) is 5.73 Å². The number of hydrogen-bond donors (Lipinski definition) is 2. The molecule has 0 saturated heterocycles. The zero-order valence-corrected chi connectivity index (χ0v) is 16.7. The van der Waals surface area contributed by atoms with Crippen molar-refractivity contribution in [3.8, 4) is 0 Å². The highest BCUT2D eigenvalue weighted by Gasteiger charge is 2.05. The highest BCUT2D eigenvalue weighted by Crippen LogP contribution is 2.16. The van der Waals surface area contributed by atoms with Gasteiger partial charge in [0.2, 0.25) is 5.91 Å². The van der Waals surface area contributed by atoms with E-state index in [0.29, 0.717) is 0 Å². The standard InChI is InChI=1S/C10H12BrNO.C8H10BrN/c1-7(12-8(2)13)9-3-5-10(11)6-4-9;1-6(10)7-2-4-8(9)5-3-7/h3-7H,1-2H3,(H,12,13);2-6H,10H2,1H3/t7-;6-/m00/s1. The van der Waals surface area contributed by atoms with E-state index in [1.807, 2.05) is 62.4 Å². The Bertz CT molecular complexity index is 610. The lowest BCUT2D eigenvalue weighted by molar-refractivity contribution is -0.119. The molecule has 2 rings (SSSR count). The Kier molecular flexibility index (Phi) is 8.52. The van der Waals surface area contributed by atoms with E-state index in [1.54, 1.807) is 0 Å². The van der Waals surface area contributed by atoms with E-state index in [9.17, 15) is 4.79 Å². The molecule has 0 heterocycles. The van der Waals surface area contributed by atoms with Crippen molar-refractivity contribution in [1.82, 2.24) is 5.32 Å². The molecule has 0 fully saturated rings. The largest absolute Gasteiger partial charge is 0.350 e. The average Bonchev–Trinajstić information content (AvgIpc) is 2.48. The third kappa shape index (κ3) is 7.77. The quantitative estimate of drug-likeness (QED) is 0.694. The Morgan fingerprint density at radius 1 is 0.913 bits per heavy atom. The second-order valence-corrected chi connectivity index (χ2v) is 7.15. The highest BCUT2D eigenvalue weighted by molar-refractivity contribution is 9.10. The molecule has 0 aliphatic rings. The summed E-state index contributed by atoms with van der Waals surface area (Å²) in [5.74, 6) is -0.00424. The minimum atomic E-state index is -0.00424. The lowest BCUT2D eigenvalue weighted by atomic mass is 10.1. The van der Waals surface area contributed by atoms with Crippen LogP contribution >= 0.6 is 31.9 Å². The molecule has 0 aromatic heterocycles. The van der Waals surface area contributed by atoms with E-state index in [2.05, 4.69) is 37.2 Å². The predicted octanol–water partition coefficient (Wildman–Crippen LogP) is 5.12. The summed E-state index contributed by atoms with van der Waals surface area (Å²) < 4.78 is 2.14. The second kappa shape index (κ2) is 9.85. The van der Waals surface area contributed by atoms with Crippen molar-refractivity contribution >= 4 is 37.8 Å². The first-order chi connectivity index (χ1) is 10.8. The Morgan fingerprint density at radius 3 is 1.65 bits per heavy atom. The fourth-order valence-electron chi connectivity index (χ4n) is 1.91. The molecule has 2 aromatic rings. The van der Waals surface area contributed by atoms with Gasteiger partial charge in [0, 0.05) is 21.9 Å². The lowest BCUT2D eigenvalue weighted by Gasteiger charge is -2.12. The van der Waals surface area contributed by atoms with Gasteiger partial charge in [-0.05, 0) is 49.2 Å². The number of carbonyl (C=O) groups excluding carboxylic acids is 1. The van der Waals surface area contributed by atoms with Crippen LogP contribution in [0.4, 0.5) is 0 Å². The van der Waals surface area contributed by atoms with Gasteiger partial charge in [0.15, 0.2) is 0 Å². The van der Waals surface area contributed by atoms with E-state index < -0.39 is 0 Å². The van der Waals surface area contributed by atoms with Gasteiger partial charge in [0.05, 0.1) is 6.04 Å². The van der Waals surface area contributed by atoms with Crippen LogP contribution in [0.1, 0.15) is 44.0 Å². The Balaban J connectivity index is 0.000000238.